The normalized spacial score (nSPS) is 12.9. The third kappa shape index (κ3) is 46.7. The van der Waals surface area contributed by atoms with Crippen molar-refractivity contribution in [2.75, 3.05) is 79.0 Å². The van der Waals surface area contributed by atoms with Crippen LogP contribution in [0, 0.1) is 35.5 Å². The second-order valence-corrected chi connectivity index (χ2v) is 23.3. The third-order valence-corrected chi connectivity index (χ3v) is 12.8. The Labute approximate surface area is 543 Å². The molecule has 0 aromatic heterocycles. The van der Waals surface area contributed by atoms with E-state index in [9.17, 15) is 81.5 Å². The molecule has 518 valence electrons. The van der Waals surface area contributed by atoms with Crippen LogP contribution in [0.1, 0.15) is 174 Å². The molecule has 25 nitrogen and oxygen atoms in total. The molecule has 0 spiro atoms. The highest BCUT2D eigenvalue weighted by Crippen LogP contribution is 2.10. The Hall–Kier alpha value is -7.35. The third-order valence-electron chi connectivity index (χ3n) is 12.8. The second kappa shape index (κ2) is 52.2. The molecule has 0 unspecified atom stereocenters. The van der Waals surface area contributed by atoms with Gasteiger partial charge in [0.15, 0.2) is 5.78 Å². The summed E-state index contributed by atoms with van der Waals surface area (Å²) in [7, 11) is 0. The number of ether oxygens (including phenoxy) is 4. The number of rotatable bonds is 41. The van der Waals surface area contributed by atoms with Crippen molar-refractivity contribution >= 4 is 99.2 Å². The molecule has 0 saturated heterocycles. The Bertz CT molecular complexity index is 2500. The fraction of sp³-hybridized carbons (Fsp3) is 0.657. The average molecular weight is 1300 g/mol. The van der Waals surface area contributed by atoms with Gasteiger partial charge in [0, 0.05) is 143 Å². The number of hydrogen-bond donors (Lipinski definition) is 1. The van der Waals surface area contributed by atoms with Gasteiger partial charge in [-0.1, -0.05) is 90.0 Å². The van der Waals surface area contributed by atoms with Gasteiger partial charge in [-0.3, -0.25) is 96.2 Å². The van der Waals surface area contributed by atoms with Gasteiger partial charge < -0.3 is 24.3 Å². The van der Waals surface area contributed by atoms with Crippen LogP contribution in [-0.2, 0) is 100 Å². The summed E-state index contributed by atoms with van der Waals surface area (Å²) < 4.78 is 20.9. The standard InChI is InChI=1S/C18H28N2O6.C12H15NO4.C11H20O4.C10H13NO3.C9H16O2.C7H12O2/c1-14(2)15(21)4-3-10-25-12-13-26-11-8-19-16(22)7-9-20-17(23)5-6-18(20)24;1-8(2)10(15)7-9(14)5-6-13-11(16)3-4-12(13)17;1-9(2)11(13)4-5-14-6-7-15-8-10(3)12;1-7(2)8(12)5-6-11-9(13)3-4-10(11)14;1-4-5-8(10)6-9(11)7(2)3;1-5(2)7(9)4-6(3)8/h5-6,14H,3-4,7-13H2,1-2H3,(H,19,22);3-4,8H,5-7H2,1-2H3;9H,4-8H2,1-3H3;3-4,7H,5-6H2,1-2H3;7H,4-6H2,1-3H3;5H,4H2,1-3H3. The Balaban J connectivity index is -0.00000107. The zero-order valence-corrected chi connectivity index (χ0v) is 57.1. The Kier molecular flexibility index (Phi) is 50.4. The molecule has 7 amide bonds. The fourth-order valence-corrected chi connectivity index (χ4v) is 6.82. The number of imide groups is 3. The van der Waals surface area contributed by atoms with Crippen molar-refractivity contribution < 1.29 is 100 Å². The van der Waals surface area contributed by atoms with Gasteiger partial charge in [0.25, 0.3) is 35.4 Å². The van der Waals surface area contributed by atoms with E-state index in [1.54, 1.807) is 41.5 Å². The molecule has 0 aliphatic carbocycles. The lowest BCUT2D eigenvalue weighted by Crippen LogP contribution is -2.35. The highest BCUT2D eigenvalue weighted by atomic mass is 16.5. The molecule has 25 heteroatoms. The lowest BCUT2D eigenvalue weighted by atomic mass is 10.0. The minimum Gasteiger partial charge on any atom is -0.379 e. The first-order valence-corrected chi connectivity index (χ1v) is 31.4. The van der Waals surface area contributed by atoms with Crippen molar-refractivity contribution in [2.24, 2.45) is 35.5 Å². The maximum absolute atomic E-state index is 11.6. The van der Waals surface area contributed by atoms with Crippen molar-refractivity contribution in [2.45, 2.75) is 174 Å². The van der Waals surface area contributed by atoms with E-state index in [-0.39, 0.29) is 188 Å². The van der Waals surface area contributed by atoms with Crippen LogP contribution in [0.15, 0.2) is 36.5 Å². The van der Waals surface area contributed by atoms with E-state index in [1.165, 1.54) is 50.3 Å². The quantitative estimate of drug-likeness (QED) is 0.0426. The average Bonchev–Trinajstić information content (AvgIpc) is 1.83. The monoisotopic (exact) mass is 1300 g/mol. The van der Waals surface area contributed by atoms with Gasteiger partial charge in [0.2, 0.25) is 5.91 Å². The van der Waals surface area contributed by atoms with E-state index >= 15 is 0 Å². The molecule has 0 atom stereocenters. The summed E-state index contributed by atoms with van der Waals surface area (Å²) in [5.41, 5.74) is 0. The van der Waals surface area contributed by atoms with Gasteiger partial charge >= 0.3 is 0 Å². The summed E-state index contributed by atoms with van der Waals surface area (Å²) in [5.74, 6) is -2.28. The van der Waals surface area contributed by atoms with Crippen LogP contribution in [0.4, 0.5) is 0 Å². The Morgan fingerprint density at radius 3 is 1.05 bits per heavy atom. The first-order valence-electron chi connectivity index (χ1n) is 31.4. The lowest BCUT2D eigenvalue weighted by Gasteiger charge is -2.13. The number of ketones is 10. The van der Waals surface area contributed by atoms with Gasteiger partial charge in [-0.05, 0) is 26.7 Å². The van der Waals surface area contributed by atoms with Crippen LogP contribution in [0.3, 0.4) is 0 Å². The number of nitrogens with zero attached hydrogens (tertiary/aromatic N) is 3. The molecule has 3 rings (SSSR count). The van der Waals surface area contributed by atoms with Crippen LogP contribution in [-0.4, -0.2) is 193 Å². The first kappa shape index (κ1) is 88.8. The number of hydrogen-bond acceptors (Lipinski definition) is 21. The lowest BCUT2D eigenvalue weighted by molar-refractivity contribution is -0.139. The second-order valence-electron chi connectivity index (χ2n) is 23.3. The van der Waals surface area contributed by atoms with Crippen LogP contribution < -0.4 is 5.32 Å². The first-order chi connectivity index (χ1) is 43.0. The maximum Gasteiger partial charge on any atom is 0.253 e. The van der Waals surface area contributed by atoms with Crippen LogP contribution in [0.2, 0.25) is 0 Å². The summed E-state index contributed by atoms with van der Waals surface area (Å²) in [5, 5.41) is 2.66. The molecule has 1 N–H and O–H groups in total. The number of carbonyl (C=O) groups is 17. The maximum atomic E-state index is 11.6. The summed E-state index contributed by atoms with van der Waals surface area (Å²) in [6, 6.07) is 0. The predicted octanol–water partition coefficient (Wildman–Crippen LogP) is 5.85. The van der Waals surface area contributed by atoms with Crippen LogP contribution in [0.5, 0.6) is 0 Å². The molecule has 0 fully saturated rings. The number of amides is 7. The van der Waals surface area contributed by atoms with Crippen molar-refractivity contribution in [1.82, 2.24) is 20.0 Å². The molecule has 3 heterocycles. The van der Waals surface area contributed by atoms with Gasteiger partial charge in [-0.15, -0.1) is 0 Å². The topological polar surface area (TPSA) is 349 Å². The molecule has 0 aromatic rings. The molecule has 3 aliphatic heterocycles. The summed E-state index contributed by atoms with van der Waals surface area (Å²) >= 11 is 0. The molecule has 3 aliphatic rings. The summed E-state index contributed by atoms with van der Waals surface area (Å²) in [4.78, 5) is 192. The minimum atomic E-state index is -0.405. The molecular formula is C67H104N4O21. The summed E-state index contributed by atoms with van der Waals surface area (Å²) in [6.07, 6.45) is 10.7. The van der Waals surface area contributed by atoms with Crippen molar-refractivity contribution in [3.8, 4) is 0 Å². The van der Waals surface area contributed by atoms with E-state index < -0.39 is 11.8 Å². The molecule has 0 saturated carbocycles. The Morgan fingerprint density at radius 2 is 0.685 bits per heavy atom. The van der Waals surface area contributed by atoms with Crippen LogP contribution in [0.25, 0.3) is 0 Å². The molecule has 92 heavy (non-hydrogen) atoms. The largest absolute Gasteiger partial charge is 0.379 e. The number of carbonyl (C=O) groups excluding carboxylic acids is 17. The predicted molar refractivity (Wildman–Crippen MR) is 341 cm³/mol. The number of Topliss-reactive ketones (excluding diaryl/α,β-unsaturated/α-hetero) is 10. The fourth-order valence-electron chi connectivity index (χ4n) is 6.82. The van der Waals surface area contributed by atoms with E-state index in [0.717, 1.165) is 21.1 Å². The van der Waals surface area contributed by atoms with Gasteiger partial charge in [-0.25, -0.2) is 0 Å². The van der Waals surface area contributed by atoms with Gasteiger partial charge in [0.05, 0.1) is 58.9 Å². The summed E-state index contributed by atoms with van der Waals surface area (Å²) in [6.45, 7) is 30.5. The van der Waals surface area contributed by atoms with Crippen LogP contribution >= 0.6 is 0 Å². The highest BCUT2D eigenvalue weighted by Gasteiger charge is 2.26. The van der Waals surface area contributed by atoms with Gasteiger partial charge in [0.1, 0.15) is 58.7 Å². The van der Waals surface area contributed by atoms with E-state index in [0.29, 0.717) is 78.5 Å². The highest BCUT2D eigenvalue weighted by molar-refractivity contribution is 6.14. The molecule has 0 radical (unpaired) electrons. The Morgan fingerprint density at radius 1 is 0.359 bits per heavy atom. The van der Waals surface area contributed by atoms with E-state index in [4.69, 9.17) is 18.9 Å². The zero-order valence-electron chi connectivity index (χ0n) is 57.1. The van der Waals surface area contributed by atoms with Gasteiger partial charge in [-0.2, -0.15) is 0 Å². The number of nitrogens with one attached hydrogen (secondary N) is 1. The van der Waals surface area contributed by atoms with E-state index in [1.807, 2.05) is 48.5 Å². The SMILES string of the molecule is CC(=O)CC(=O)C(C)C.CC(=O)COCCOCCC(=O)C(C)C.CC(C)C(=O)CC(=O)CCN1C(=O)C=CC1=O.CC(C)C(=O)CCCOCCOCCNC(=O)CCN1C(=O)C=CC1=O.CC(C)C(=O)CCN1C(=O)C=CC1=O.CCCC(=O)CC(=O)C(C)C. The van der Waals surface area contributed by atoms with Crippen molar-refractivity contribution in [3.05, 3.63) is 36.5 Å². The minimum absolute atomic E-state index is 0.00388. The zero-order chi connectivity index (χ0) is 71.1. The molecule has 0 bridgehead atoms. The smallest absolute Gasteiger partial charge is 0.253 e. The molecule has 0 aromatic carbocycles. The van der Waals surface area contributed by atoms with Crippen molar-refractivity contribution in [1.29, 1.82) is 0 Å². The van der Waals surface area contributed by atoms with E-state index in [2.05, 4.69) is 5.32 Å². The van der Waals surface area contributed by atoms with Crippen molar-refractivity contribution in [3.63, 3.8) is 0 Å². The molecular weight excluding hydrogens is 1200 g/mol.